The smallest absolute Gasteiger partial charge is 0.263 e. The molecule has 4 rings (SSSR count). The topological polar surface area (TPSA) is 61.2 Å². The molecule has 1 aliphatic rings. The highest BCUT2D eigenvalue weighted by atomic mass is 32.2. The molecular formula is C26H26N2O2S. The lowest BCUT2D eigenvalue weighted by Gasteiger charge is -2.38. The number of fused-ring (bicyclic) bond motifs is 1. The van der Waals surface area contributed by atoms with Crippen molar-refractivity contribution in [3.05, 3.63) is 94.5 Å². The van der Waals surface area contributed by atoms with Crippen LogP contribution in [0.25, 0.3) is 0 Å². The maximum atomic E-state index is 13.8. The Kier molecular flexibility index (Phi) is 5.84. The maximum Gasteiger partial charge on any atom is 0.264 e. The zero-order valence-corrected chi connectivity index (χ0v) is 18.7. The molecule has 0 aliphatic carbocycles. The van der Waals surface area contributed by atoms with Gasteiger partial charge in [0.15, 0.2) is 0 Å². The highest BCUT2D eigenvalue weighted by molar-refractivity contribution is 7.92. The van der Waals surface area contributed by atoms with E-state index in [1.807, 2.05) is 62.4 Å². The fourth-order valence-corrected chi connectivity index (χ4v) is 5.96. The molecule has 5 heteroatoms. The first-order valence-corrected chi connectivity index (χ1v) is 12.0. The monoisotopic (exact) mass is 430 g/mol. The third-order valence-corrected chi connectivity index (χ3v) is 7.86. The summed E-state index contributed by atoms with van der Waals surface area (Å²) >= 11 is 0. The summed E-state index contributed by atoms with van der Waals surface area (Å²) in [6.07, 6.45) is 3.15. The van der Waals surface area contributed by atoms with Gasteiger partial charge in [-0.3, -0.25) is 4.31 Å². The fraction of sp³-hybridized carbons (Fsp3) is 0.269. The van der Waals surface area contributed by atoms with Gasteiger partial charge in [-0.2, -0.15) is 5.26 Å². The number of rotatable bonds is 5. The van der Waals surface area contributed by atoms with Gasteiger partial charge in [-0.15, -0.1) is 0 Å². The van der Waals surface area contributed by atoms with Crippen molar-refractivity contribution in [3.8, 4) is 6.07 Å². The van der Waals surface area contributed by atoms with E-state index < -0.39 is 10.0 Å². The maximum absolute atomic E-state index is 13.8. The van der Waals surface area contributed by atoms with E-state index in [0.717, 1.165) is 53.6 Å². The molecule has 3 aromatic carbocycles. The van der Waals surface area contributed by atoms with Gasteiger partial charge in [0.05, 0.1) is 22.2 Å². The molecule has 1 atom stereocenters. The van der Waals surface area contributed by atoms with Crippen LogP contribution in [0.5, 0.6) is 0 Å². The Morgan fingerprint density at radius 1 is 0.968 bits per heavy atom. The van der Waals surface area contributed by atoms with Crippen LogP contribution in [0.15, 0.2) is 71.6 Å². The number of aryl methyl sites for hydroxylation is 4. The highest BCUT2D eigenvalue weighted by Gasteiger charge is 2.35. The fourth-order valence-electron chi connectivity index (χ4n) is 4.22. The van der Waals surface area contributed by atoms with Crippen LogP contribution in [0.3, 0.4) is 0 Å². The Hall–Kier alpha value is -3.10. The number of hydrogen-bond donors (Lipinski definition) is 0. The lowest BCUT2D eigenvalue weighted by Crippen LogP contribution is -2.44. The van der Waals surface area contributed by atoms with Crippen LogP contribution in [0.4, 0.5) is 5.69 Å². The Morgan fingerprint density at radius 2 is 1.65 bits per heavy atom. The van der Waals surface area contributed by atoms with Crippen molar-refractivity contribution in [3.63, 3.8) is 0 Å². The van der Waals surface area contributed by atoms with E-state index in [1.165, 1.54) is 0 Å². The van der Waals surface area contributed by atoms with Crippen molar-refractivity contribution in [2.45, 2.75) is 50.5 Å². The molecule has 1 heterocycles. The van der Waals surface area contributed by atoms with Crippen molar-refractivity contribution in [2.24, 2.45) is 0 Å². The zero-order chi connectivity index (χ0) is 22.0. The van der Waals surface area contributed by atoms with Gasteiger partial charge in [0.2, 0.25) is 0 Å². The summed E-state index contributed by atoms with van der Waals surface area (Å²) in [5, 5.41) is 9.00. The van der Waals surface area contributed by atoms with Crippen molar-refractivity contribution < 1.29 is 8.42 Å². The third kappa shape index (κ3) is 4.35. The predicted molar refractivity (Wildman–Crippen MR) is 124 cm³/mol. The quantitative estimate of drug-likeness (QED) is 0.550. The summed E-state index contributed by atoms with van der Waals surface area (Å²) < 4.78 is 29.2. The molecule has 1 unspecified atom stereocenters. The van der Waals surface area contributed by atoms with E-state index in [9.17, 15) is 8.42 Å². The minimum absolute atomic E-state index is 0.115. The first-order chi connectivity index (χ1) is 14.9. The normalized spacial score (nSPS) is 15.9. The second kappa shape index (κ2) is 8.56. The Bertz CT molecular complexity index is 1220. The van der Waals surface area contributed by atoms with Gasteiger partial charge in [0, 0.05) is 6.04 Å². The number of anilines is 1. The van der Waals surface area contributed by atoms with Gasteiger partial charge < -0.3 is 0 Å². The molecule has 3 aromatic rings. The lowest BCUT2D eigenvalue weighted by atomic mass is 9.93. The van der Waals surface area contributed by atoms with E-state index in [2.05, 4.69) is 12.1 Å². The molecule has 0 bridgehead atoms. The summed E-state index contributed by atoms with van der Waals surface area (Å²) in [4.78, 5) is 0.329. The average Bonchev–Trinajstić information content (AvgIpc) is 2.77. The lowest BCUT2D eigenvalue weighted by molar-refractivity contribution is 0.523. The largest absolute Gasteiger partial charge is 0.264 e. The van der Waals surface area contributed by atoms with Crippen LogP contribution in [0, 0.1) is 25.2 Å². The Balaban J connectivity index is 1.69. The summed E-state index contributed by atoms with van der Waals surface area (Å²) in [6.45, 7) is 3.95. The SMILES string of the molecule is Cc1ccc(S(=O)(=O)N2c3cc(C)ccc3CCC2CCc2ccc(C#N)cc2)cc1. The molecule has 158 valence electrons. The molecule has 31 heavy (non-hydrogen) atoms. The van der Waals surface area contributed by atoms with Crippen molar-refractivity contribution in [1.29, 1.82) is 5.26 Å². The van der Waals surface area contributed by atoms with Crippen LogP contribution in [0.2, 0.25) is 0 Å². The first-order valence-electron chi connectivity index (χ1n) is 10.6. The van der Waals surface area contributed by atoms with Gasteiger partial charge in [0.25, 0.3) is 10.0 Å². The molecule has 1 aliphatic heterocycles. The summed E-state index contributed by atoms with van der Waals surface area (Å²) in [7, 11) is -3.68. The third-order valence-electron chi connectivity index (χ3n) is 5.98. The van der Waals surface area contributed by atoms with E-state index >= 15 is 0 Å². The minimum Gasteiger partial charge on any atom is -0.263 e. The average molecular weight is 431 g/mol. The molecule has 0 fully saturated rings. The number of nitriles is 1. The van der Waals surface area contributed by atoms with Gasteiger partial charge in [0.1, 0.15) is 0 Å². The van der Waals surface area contributed by atoms with E-state index in [0.29, 0.717) is 10.5 Å². The first kappa shape index (κ1) is 21.1. The second-order valence-corrected chi connectivity index (χ2v) is 10.1. The molecule has 0 saturated heterocycles. The molecule has 0 saturated carbocycles. The molecule has 0 radical (unpaired) electrons. The minimum atomic E-state index is -3.68. The molecule has 0 aromatic heterocycles. The van der Waals surface area contributed by atoms with Crippen LogP contribution in [0.1, 0.15) is 40.7 Å². The number of sulfonamides is 1. The number of hydrogen-bond acceptors (Lipinski definition) is 3. The van der Waals surface area contributed by atoms with Crippen LogP contribution >= 0.6 is 0 Å². The summed E-state index contributed by atoms with van der Waals surface area (Å²) in [5.74, 6) is 0. The van der Waals surface area contributed by atoms with Crippen molar-refractivity contribution in [1.82, 2.24) is 0 Å². The van der Waals surface area contributed by atoms with Gasteiger partial charge in [-0.25, -0.2) is 8.42 Å². The number of nitrogens with zero attached hydrogens (tertiary/aromatic N) is 2. The predicted octanol–water partition coefficient (Wildman–Crippen LogP) is 5.32. The van der Waals surface area contributed by atoms with E-state index in [4.69, 9.17) is 5.26 Å². The molecule has 4 nitrogen and oxygen atoms in total. The molecule has 0 amide bonds. The van der Waals surface area contributed by atoms with E-state index in [1.54, 1.807) is 16.4 Å². The number of benzene rings is 3. The summed E-state index contributed by atoms with van der Waals surface area (Å²) in [6, 6.07) is 22.8. The Morgan fingerprint density at radius 3 is 2.32 bits per heavy atom. The van der Waals surface area contributed by atoms with Crippen molar-refractivity contribution in [2.75, 3.05) is 4.31 Å². The standard InChI is InChI=1S/C26H26N2O2S/c1-19-4-15-25(16-5-19)31(29,30)28-24(13-10-21-6-8-22(18-27)9-7-21)14-12-23-11-3-20(2)17-26(23)28/h3-9,11,15-17,24H,10,12-14H2,1-2H3. The van der Waals surface area contributed by atoms with Gasteiger partial charge in [-0.1, -0.05) is 42.0 Å². The second-order valence-electron chi connectivity index (χ2n) is 8.29. The van der Waals surface area contributed by atoms with E-state index in [-0.39, 0.29) is 6.04 Å². The van der Waals surface area contributed by atoms with Crippen molar-refractivity contribution >= 4 is 15.7 Å². The van der Waals surface area contributed by atoms with Gasteiger partial charge >= 0.3 is 0 Å². The summed E-state index contributed by atoms with van der Waals surface area (Å²) in [5.41, 5.74) is 5.71. The van der Waals surface area contributed by atoms with Crippen LogP contribution in [-0.4, -0.2) is 14.5 Å². The zero-order valence-electron chi connectivity index (χ0n) is 17.9. The Labute approximate surface area is 184 Å². The highest BCUT2D eigenvalue weighted by Crippen LogP contribution is 2.37. The van der Waals surface area contributed by atoms with Crippen LogP contribution < -0.4 is 4.31 Å². The van der Waals surface area contributed by atoms with Crippen LogP contribution in [-0.2, 0) is 22.9 Å². The van der Waals surface area contributed by atoms with Gasteiger partial charge in [-0.05, 0) is 86.6 Å². The molecule has 0 spiro atoms. The molecular weight excluding hydrogens is 404 g/mol. The molecule has 0 N–H and O–H groups in total.